The molecule has 2 N–H and O–H groups in total. The number of esters is 1. The van der Waals surface area contributed by atoms with Gasteiger partial charge >= 0.3 is 11.9 Å². The van der Waals surface area contributed by atoms with Gasteiger partial charge in [-0.05, 0) is 30.9 Å². The molecule has 38 heavy (non-hydrogen) atoms. The van der Waals surface area contributed by atoms with Crippen molar-refractivity contribution in [2.75, 3.05) is 27.0 Å². The summed E-state index contributed by atoms with van der Waals surface area (Å²) < 4.78 is 47.4. The molecular formula is C25H26ClF3N4O4S. The molecule has 3 heterocycles. The number of carbonyl (C=O) groups excluding carboxylic acids is 1. The first kappa shape index (κ1) is 28.1. The molecule has 8 nitrogen and oxygen atoms in total. The highest BCUT2D eigenvalue weighted by atomic mass is 35.5. The summed E-state index contributed by atoms with van der Waals surface area (Å²) in [7, 11) is 1.20. The second-order valence-electron chi connectivity index (χ2n) is 9.12. The van der Waals surface area contributed by atoms with Crippen LogP contribution in [0.5, 0.6) is 0 Å². The summed E-state index contributed by atoms with van der Waals surface area (Å²) in [5, 5.41) is 14.6. The molecular weight excluding hydrogens is 545 g/mol. The fourth-order valence-electron chi connectivity index (χ4n) is 5.06. The van der Waals surface area contributed by atoms with Crippen molar-refractivity contribution in [3.63, 3.8) is 0 Å². The predicted molar refractivity (Wildman–Crippen MR) is 136 cm³/mol. The number of likely N-dealkylation sites (tertiary alicyclic amines) is 1. The normalized spacial score (nSPS) is 24.1. The molecule has 1 fully saturated rings. The monoisotopic (exact) mass is 570 g/mol. The van der Waals surface area contributed by atoms with E-state index in [-0.39, 0.29) is 48.0 Å². The second-order valence-corrected chi connectivity index (χ2v) is 10.4. The summed E-state index contributed by atoms with van der Waals surface area (Å²) in [4.78, 5) is 34.9. The Bertz CT molecular complexity index is 1230. The number of carboxylic acids is 1. The van der Waals surface area contributed by atoms with Crippen molar-refractivity contribution in [3.8, 4) is 0 Å². The van der Waals surface area contributed by atoms with E-state index in [0.29, 0.717) is 16.4 Å². The topological polar surface area (TPSA) is 104 Å². The molecule has 3 atom stereocenters. The number of methoxy groups -OCH3 is 1. The minimum atomic E-state index is -1.02. The number of alkyl halides is 2. The number of rotatable bonds is 9. The third kappa shape index (κ3) is 6.02. The summed E-state index contributed by atoms with van der Waals surface area (Å²) in [5.41, 5.74) is 0.686. The number of ether oxygens (including phenoxy) is 1. The maximum atomic E-state index is 14.2. The van der Waals surface area contributed by atoms with Gasteiger partial charge in [-0.2, -0.15) is 0 Å². The van der Waals surface area contributed by atoms with E-state index >= 15 is 0 Å². The zero-order valence-electron chi connectivity index (χ0n) is 20.4. The number of thiazole rings is 1. The number of aromatic nitrogens is 1. The fourth-order valence-corrected chi connectivity index (χ4v) is 5.92. The van der Waals surface area contributed by atoms with E-state index in [1.165, 1.54) is 30.6 Å². The Labute approximate surface area is 226 Å². The predicted octanol–water partition coefficient (Wildman–Crippen LogP) is 4.32. The van der Waals surface area contributed by atoms with Crippen molar-refractivity contribution < 1.29 is 32.6 Å². The SMILES string of the molecule is COC(=O)C1=C(CN2C(CF)CC(CC(=O)O)CC2CF)NC(c2nccs2)=NC1c1ccc(F)cc1Cl. The first-order valence-corrected chi connectivity index (χ1v) is 13.1. The molecule has 2 aliphatic rings. The van der Waals surface area contributed by atoms with E-state index in [4.69, 9.17) is 16.3 Å². The van der Waals surface area contributed by atoms with Crippen LogP contribution in [0.2, 0.25) is 5.02 Å². The van der Waals surface area contributed by atoms with Crippen LogP contribution in [0.15, 0.2) is 46.0 Å². The molecule has 1 aromatic carbocycles. The van der Waals surface area contributed by atoms with Crippen molar-refractivity contribution in [2.24, 2.45) is 10.9 Å². The molecule has 0 bridgehead atoms. The van der Waals surface area contributed by atoms with Crippen LogP contribution in [0.3, 0.4) is 0 Å². The van der Waals surface area contributed by atoms with Gasteiger partial charge in [0.15, 0.2) is 10.8 Å². The molecule has 2 aliphatic heterocycles. The number of aliphatic imine (C=N–C) groups is 1. The van der Waals surface area contributed by atoms with Crippen molar-refractivity contribution in [2.45, 2.75) is 37.4 Å². The number of benzene rings is 1. The number of amidine groups is 1. The summed E-state index contributed by atoms with van der Waals surface area (Å²) in [6, 6.07) is 1.18. The number of piperidine rings is 1. The summed E-state index contributed by atoms with van der Waals surface area (Å²) in [6.07, 6.45) is 1.84. The minimum Gasteiger partial charge on any atom is -0.481 e. The number of carboxylic acid groups (broad SMARTS) is 1. The molecule has 0 radical (unpaired) electrons. The fraction of sp³-hybridized carbons (Fsp3) is 0.440. The molecule has 0 amide bonds. The third-order valence-corrected chi connectivity index (χ3v) is 7.84. The van der Waals surface area contributed by atoms with Crippen LogP contribution >= 0.6 is 22.9 Å². The van der Waals surface area contributed by atoms with Gasteiger partial charge in [0, 0.05) is 52.9 Å². The molecule has 1 aromatic heterocycles. The zero-order chi connectivity index (χ0) is 27.4. The molecule has 3 unspecified atom stereocenters. The van der Waals surface area contributed by atoms with E-state index in [9.17, 15) is 27.9 Å². The molecule has 1 saturated heterocycles. The van der Waals surface area contributed by atoms with Gasteiger partial charge in [0.25, 0.3) is 0 Å². The maximum absolute atomic E-state index is 14.2. The molecule has 0 spiro atoms. The Kier molecular flexibility index (Phi) is 9.06. The largest absolute Gasteiger partial charge is 0.481 e. The quantitative estimate of drug-likeness (QED) is 0.433. The third-order valence-electron chi connectivity index (χ3n) is 6.73. The van der Waals surface area contributed by atoms with Crippen LogP contribution < -0.4 is 5.32 Å². The molecule has 0 saturated carbocycles. The minimum absolute atomic E-state index is 0.0395. The van der Waals surface area contributed by atoms with Crippen molar-refractivity contribution in [1.82, 2.24) is 15.2 Å². The number of hydrogen-bond acceptors (Lipinski definition) is 8. The van der Waals surface area contributed by atoms with E-state index < -0.39 is 49.2 Å². The first-order valence-electron chi connectivity index (χ1n) is 11.9. The van der Waals surface area contributed by atoms with Crippen LogP contribution in [0, 0.1) is 11.7 Å². The van der Waals surface area contributed by atoms with Crippen LogP contribution in [-0.4, -0.2) is 71.9 Å². The highest BCUT2D eigenvalue weighted by Crippen LogP contribution is 2.38. The van der Waals surface area contributed by atoms with Crippen LogP contribution in [0.25, 0.3) is 0 Å². The molecule has 2 aromatic rings. The van der Waals surface area contributed by atoms with Crippen molar-refractivity contribution in [1.29, 1.82) is 0 Å². The lowest BCUT2D eigenvalue weighted by molar-refractivity contribution is -0.139. The number of hydrogen-bond donors (Lipinski definition) is 2. The summed E-state index contributed by atoms with van der Waals surface area (Å²) in [5.74, 6) is -2.40. The highest BCUT2D eigenvalue weighted by Gasteiger charge is 2.40. The Balaban J connectivity index is 1.79. The van der Waals surface area contributed by atoms with Gasteiger partial charge in [-0.3, -0.25) is 14.7 Å². The van der Waals surface area contributed by atoms with E-state index in [1.807, 2.05) is 0 Å². The average molecular weight is 571 g/mol. The molecule has 13 heteroatoms. The lowest BCUT2D eigenvalue weighted by Crippen LogP contribution is -2.54. The van der Waals surface area contributed by atoms with Crippen LogP contribution in [0.1, 0.15) is 35.9 Å². The lowest BCUT2D eigenvalue weighted by atomic mass is 9.84. The van der Waals surface area contributed by atoms with Gasteiger partial charge in [0.1, 0.15) is 25.2 Å². The lowest BCUT2D eigenvalue weighted by Gasteiger charge is -2.44. The van der Waals surface area contributed by atoms with E-state index in [2.05, 4.69) is 15.3 Å². The molecule has 0 aliphatic carbocycles. The number of carbonyl (C=O) groups is 2. The summed E-state index contributed by atoms with van der Waals surface area (Å²) >= 11 is 7.65. The van der Waals surface area contributed by atoms with Crippen molar-refractivity contribution >= 4 is 40.7 Å². The number of nitrogens with zero attached hydrogens (tertiary/aromatic N) is 3. The van der Waals surface area contributed by atoms with Gasteiger partial charge in [0.2, 0.25) is 0 Å². The van der Waals surface area contributed by atoms with E-state index in [0.717, 1.165) is 6.07 Å². The van der Waals surface area contributed by atoms with Gasteiger partial charge < -0.3 is 15.2 Å². The highest BCUT2D eigenvalue weighted by molar-refractivity contribution is 7.11. The number of aliphatic carboxylic acids is 1. The van der Waals surface area contributed by atoms with Crippen LogP contribution in [0.4, 0.5) is 13.2 Å². The first-order chi connectivity index (χ1) is 18.2. The standard InChI is InChI=1S/C25H26ClF3N4O4S/c1-37-25(36)21-19(12-33-15(10-27)6-13(8-20(34)35)7-16(33)11-28)31-23(24-30-4-5-38-24)32-22(21)17-3-2-14(29)9-18(17)26/h2-5,9,13,15-16,22H,6-8,10-12H2,1H3,(H,31,32)(H,34,35). The molecule has 4 rings (SSSR count). The smallest absolute Gasteiger partial charge is 0.338 e. The Morgan fingerprint density at radius 1 is 1.26 bits per heavy atom. The maximum Gasteiger partial charge on any atom is 0.338 e. The Morgan fingerprint density at radius 3 is 2.53 bits per heavy atom. The van der Waals surface area contributed by atoms with Gasteiger partial charge in [-0.25, -0.2) is 22.9 Å². The number of nitrogens with one attached hydrogen (secondary N) is 1. The van der Waals surface area contributed by atoms with Gasteiger partial charge in [0.05, 0.1) is 12.7 Å². The van der Waals surface area contributed by atoms with E-state index in [1.54, 1.807) is 16.5 Å². The second kappa shape index (κ2) is 12.3. The van der Waals surface area contributed by atoms with Crippen LogP contribution in [-0.2, 0) is 14.3 Å². The Morgan fingerprint density at radius 2 is 1.97 bits per heavy atom. The molecule has 204 valence electrons. The van der Waals surface area contributed by atoms with Crippen molar-refractivity contribution in [3.05, 3.63) is 62.5 Å². The van der Waals surface area contributed by atoms with Gasteiger partial charge in [-0.15, -0.1) is 11.3 Å². The average Bonchev–Trinajstić information content (AvgIpc) is 3.43. The zero-order valence-corrected chi connectivity index (χ0v) is 21.9. The number of halogens is 4. The Hall–Kier alpha value is -2.96. The summed E-state index contributed by atoms with van der Waals surface area (Å²) in [6.45, 7) is -1.73. The van der Waals surface area contributed by atoms with Gasteiger partial charge in [-0.1, -0.05) is 17.7 Å².